The molecule has 3 rings (SSSR count). The Hall–Kier alpha value is -2.15. The van der Waals surface area contributed by atoms with Gasteiger partial charge in [-0.1, -0.05) is 6.92 Å². The number of carbonyl (C=O) groups is 1. The highest BCUT2D eigenvalue weighted by Crippen LogP contribution is 2.27. The largest absolute Gasteiger partial charge is 0.382 e. The molecule has 1 amide bonds. The number of hydrogen-bond acceptors (Lipinski definition) is 5. The number of amides is 1. The number of ether oxygens (including phenoxy) is 1. The van der Waals surface area contributed by atoms with E-state index in [1.54, 1.807) is 0 Å². The van der Waals surface area contributed by atoms with Gasteiger partial charge in [-0.05, 0) is 32.3 Å². The van der Waals surface area contributed by atoms with Crippen molar-refractivity contribution in [1.82, 2.24) is 19.4 Å². The van der Waals surface area contributed by atoms with E-state index in [-0.39, 0.29) is 5.91 Å². The smallest absolute Gasteiger partial charge is 0.222 e. The first-order valence-electron chi connectivity index (χ1n) is 9.50. The van der Waals surface area contributed by atoms with Gasteiger partial charge in [0.15, 0.2) is 5.82 Å². The number of rotatable bonds is 6. The van der Waals surface area contributed by atoms with Gasteiger partial charge in [0.2, 0.25) is 5.91 Å². The van der Waals surface area contributed by atoms with E-state index in [0.29, 0.717) is 38.5 Å². The van der Waals surface area contributed by atoms with Crippen molar-refractivity contribution >= 4 is 22.8 Å². The molecule has 0 radical (unpaired) electrons. The Balaban J connectivity index is 1.79. The van der Waals surface area contributed by atoms with E-state index in [0.717, 1.165) is 53.9 Å². The van der Waals surface area contributed by atoms with E-state index in [9.17, 15) is 4.79 Å². The standard InChI is InChI=1S/C19H29N5O2/c1-4-6-15-22-17-18(13(2)14(3)21-19(17)20)24(15)8-5-7-16(25)23-9-11-26-12-10-23/h4-12H2,1-3H3,(H2,20,21). The van der Waals surface area contributed by atoms with Crippen LogP contribution in [0, 0.1) is 13.8 Å². The first-order valence-corrected chi connectivity index (χ1v) is 9.50. The zero-order chi connectivity index (χ0) is 18.7. The van der Waals surface area contributed by atoms with Crippen LogP contribution in [0.4, 0.5) is 5.82 Å². The fourth-order valence-corrected chi connectivity index (χ4v) is 3.56. The summed E-state index contributed by atoms with van der Waals surface area (Å²) in [6.45, 7) is 9.65. The Morgan fingerprint density at radius 1 is 1.23 bits per heavy atom. The summed E-state index contributed by atoms with van der Waals surface area (Å²) >= 11 is 0. The summed E-state index contributed by atoms with van der Waals surface area (Å²) in [7, 11) is 0. The minimum atomic E-state index is 0.212. The quantitative estimate of drug-likeness (QED) is 0.855. The first kappa shape index (κ1) is 18.6. The van der Waals surface area contributed by atoms with Crippen molar-refractivity contribution in [2.45, 2.75) is 53.0 Å². The van der Waals surface area contributed by atoms with Crippen molar-refractivity contribution in [3.63, 3.8) is 0 Å². The lowest BCUT2D eigenvalue weighted by molar-refractivity contribution is -0.135. The summed E-state index contributed by atoms with van der Waals surface area (Å²) in [5.41, 5.74) is 10.0. The lowest BCUT2D eigenvalue weighted by atomic mass is 10.2. The minimum Gasteiger partial charge on any atom is -0.382 e. The van der Waals surface area contributed by atoms with Gasteiger partial charge in [-0.2, -0.15) is 0 Å². The predicted molar refractivity (Wildman–Crippen MR) is 102 cm³/mol. The van der Waals surface area contributed by atoms with Gasteiger partial charge in [-0.25, -0.2) is 9.97 Å². The number of carbonyl (C=O) groups excluding carboxylic acids is 1. The second-order valence-electron chi connectivity index (χ2n) is 6.93. The molecule has 2 aromatic heterocycles. The third-order valence-corrected chi connectivity index (χ3v) is 5.09. The van der Waals surface area contributed by atoms with Crippen LogP contribution in [0.1, 0.15) is 43.3 Å². The van der Waals surface area contributed by atoms with Crippen LogP contribution in [0.2, 0.25) is 0 Å². The van der Waals surface area contributed by atoms with Crippen LogP contribution in [0.3, 0.4) is 0 Å². The van der Waals surface area contributed by atoms with Crippen molar-refractivity contribution in [1.29, 1.82) is 0 Å². The normalized spacial score (nSPS) is 15.0. The summed E-state index contributed by atoms with van der Waals surface area (Å²) in [4.78, 5) is 23.5. The van der Waals surface area contributed by atoms with Gasteiger partial charge in [0.1, 0.15) is 11.3 Å². The lowest BCUT2D eigenvalue weighted by Crippen LogP contribution is -2.40. The highest BCUT2D eigenvalue weighted by Gasteiger charge is 2.19. The number of hydrogen-bond donors (Lipinski definition) is 1. The van der Waals surface area contributed by atoms with Gasteiger partial charge in [0, 0.05) is 38.2 Å². The maximum atomic E-state index is 12.4. The summed E-state index contributed by atoms with van der Waals surface area (Å²) in [5.74, 6) is 1.73. The SMILES string of the molecule is CCCc1nc2c(N)nc(C)c(C)c2n1CCCC(=O)N1CCOCC1. The van der Waals surface area contributed by atoms with Crippen LogP contribution < -0.4 is 5.73 Å². The van der Waals surface area contributed by atoms with Crippen molar-refractivity contribution in [2.75, 3.05) is 32.0 Å². The number of morpholine rings is 1. The molecule has 2 N–H and O–H groups in total. The van der Waals surface area contributed by atoms with Crippen molar-refractivity contribution in [3.8, 4) is 0 Å². The lowest BCUT2D eigenvalue weighted by Gasteiger charge is -2.26. The third kappa shape index (κ3) is 3.67. The fourth-order valence-electron chi connectivity index (χ4n) is 3.56. The van der Waals surface area contributed by atoms with E-state index in [1.807, 2.05) is 11.8 Å². The van der Waals surface area contributed by atoms with E-state index in [4.69, 9.17) is 15.5 Å². The van der Waals surface area contributed by atoms with Crippen LogP contribution in [-0.4, -0.2) is 51.6 Å². The van der Waals surface area contributed by atoms with E-state index in [2.05, 4.69) is 23.4 Å². The molecule has 7 nitrogen and oxygen atoms in total. The second-order valence-corrected chi connectivity index (χ2v) is 6.93. The Morgan fingerprint density at radius 2 is 1.96 bits per heavy atom. The molecular weight excluding hydrogens is 330 g/mol. The molecule has 0 aliphatic carbocycles. The van der Waals surface area contributed by atoms with Crippen molar-refractivity contribution in [3.05, 3.63) is 17.1 Å². The van der Waals surface area contributed by atoms with Gasteiger partial charge < -0.3 is 19.9 Å². The summed E-state index contributed by atoms with van der Waals surface area (Å²) in [6.07, 6.45) is 3.24. The third-order valence-electron chi connectivity index (χ3n) is 5.09. The monoisotopic (exact) mass is 359 g/mol. The number of nitrogens with two attached hydrogens (primary N) is 1. The van der Waals surface area contributed by atoms with E-state index in [1.165, 1.54) is 0 Å². The molecular formula is C19H29N5O2. The molecule has 0 saturated carbocycles. The zero-order valence-electron chi connectivity index (χ0n) is 16.0. The number of nitrogen functional groups attached to an aromatic ring is 1. The number of pyridine rings is 1. The van der Waals surface area contributed by atoms with Crippen LogP contribution >= 0.6 is 0 Å². The van der Waals surface area contributed by atoms with Crippen molar-refractivity contribution < 1.29 is 9.53 Å². The molecule has 0 bridgehead atoms. The van der Waals surface area contributed by atoms with Gasteiger partial charge in [0.25, 0.3) is 0 Å². The number of aromatic nitrogens is 3. The molecule has 2 aromatic rings. The Morgan fingerprint density at radius 3 is 2.65 bits per heavy atom. The Bertz CT molecular complexity index is 793. The van der Waals surface area contributed by atoms with E-state index >= 15 is 0 Å². The van der Waals surface area contributed by atoms with Crippen LogP contribution in [0.5, 0.6) is 0 Å². The topological polar surface area (TPSA) is 86.3 Å². The summed E-state index contributed by atoms with van der Waals surface area (Å²) < 4.78 is 7.56. The molecule has 0 atom stereocenters. The first-order chi connectivity index (χ1) is 12.5. The molecule has 26 heavy (non-hydrogen) atoms. The molecule has 7 heteroatoms. The maximum Gasteiger partial charge on any atom is 0.222 e. The number of nitrogens with zero attached hydrogens (tertiary/aromatic N) is 4. The fraction of sp³-hybridized carbons (Fsp3) is 0.632. The molecule has 0 aromatic carbocycles. The zero-order valence-corrected chi connectivity index (χ0v) is 16.0. The van der Waals surface area contributed by atoms with Gasteiger partial charge in [0.05, 0.1) is 18.7 Å². The number of imidazole rings is 1. The average molecular weight is 359 g/mol. The van der Waals surface area contributed by atoms with Crippen LogP contribution in [-0.2, 0) is 22.5 Å². The Labute approximate surface area is 154 Å². The highest BCUT2D eigenvalue weighted by molar-refractivity contribution is 5.88. The predicted octanol–water partition coefficient (Wildman–Crippen LogP) is 2.22. The number of fused-ring (bicyclic) bond motifs is 1. The average Bonchev–Trinajstić information content (AvgIpc) is 3.00. The molecule has 0 unspecified atom stereocenters. The molecule has 0 spiro atoms. The molecule has 3 heterocycles. The molecule has 1 saturated heterocycles. The minimum absolute atomic E-state index is 0.212. The summed E-state index contributed by atoms with van der Waals surface area (Å²) in [6, 6.07) is 0. The molecule has 1 aliphatic heterocycles. The van der Waals surface area contributed by atoms with Gasteiger partial charge in [-0.3, -0.25) is 4.79 Å². The van der Waals surface area contributed by atoms with Crippen LogP contribution in [0.25, 0.3) is 11.0 Å². The molecule has 1 aliphatic rings. The van der Waals surface area contributed by atoms with Gasteiger partial charge >= 0.3 is 0 Å². The molecule has 142 valence electrons. The number of anilines is 1. The van der Waals surface area contributed by atoms with Crippen LogP contribution in [0.15, 0.2) is 0 Å². The van der Waals surface area contributed by atoms with E-state index < -0.39 is 0 Å². The second kappa shape index (κ2) is 8.03. The Kier molecular flexibility index (Phi) is 5.76. The summed E-state index contributed by atoms with van der Waals surface area (Å²) in [5, 5.41) is 0. The number of aryl methyl sites for hydroxylation is 4. The van der Waals surface area contributed by atoms with Crippen molar-refractivity contribution in [2.24, 2.45) is 0 Å². The highest BCUT2D eigenvalue weighted by atomic mass is 16.5. The molecule has 1 fully saturated rings. The maximum absolute atomic E-state index is 12.4. The van der Waals surface area contributed by atoms with Gasteiger partial charge in [-0.15, -0.1) is 0 Å².